The van der Waals surface area contributed by atoms with Crippen molar-refractivity contribution in [1.82, 2.24) is 0 Å². The minimum atomic E-state index is -0.162. The van der Waals surface area contributed by atoms with E-state index in [1.165, 1.54) is 7.11 Å². The highest BCUT2D eigenvalue weighted by Gasteiger charge is 2.29. The van der Waals surface area contributed by atoms with Crippen LogP contribution in [0.4, 0.5) is 0 Å². The maximum Gasteiger partial charge on any atom is 0.334 e. The van der Waals surface area contributed by atoms with Crippen LogP contribution in [-0.4, -0.2) is 13.1 Å². The van der Waals surface area contributed by atoms with E-state index < -0.39 is 0 Å². The Kier molecular flexibility index (Phi) is 1.75. The third kappa shape index (κ3) is 1.07. The number of hydrogen-bond donors (Lipinski definition) is 0. The first kappa shape index (κ1) is 7.59. The van der Waals surface area contributed by atoms with Crippen molar-refractivity contribution in [2.24, 2.45) is 11.8 Å². The summed E-state index contributed by atoms with van der Waals surface area (Å²) in [6.07, 6.45) is 8.44. The SMILES string of the molecule is COC(=O)C1=CCC2C=CC1C2. The zero-order chi connectivity index (χ0) is 8.55. The van der Waals surface area contributed by atoms with E-state index in [2.05, 4.69) is 12.2 Å². The molecule has 0 N–H and O–H groups in total. The summed E-state index contributed by atoms with van der Waals surface area (Å²) in [6.45, 7) is 0. The Bertz CT molecular complexity index is 263. The lowest BCUT2D eigenvalue weighted by atomic mass is 9.87. The Balaban J connectivity index is 2.21. The molecule has 0 saturated carbocycles. The standard InChI is InChI=1S/C10H12O2/c1-12-10(11)9-5-3-7-2-4-8(9)6-7/h2,4-5,7-8H,3,6H2,1H3. The van der Waals surface area contributed by atoms with Crippen molar-refractivity contribution in [3.63, 3.8) is 0 Å². The molecule has 2 aliphatic carbocycles. The fourth-order valence-electron chi connectivity index (χ4n) is 1.96. The number of carbonyl (C=O) groups excluding carboxylic acids is 1. The van der Waals surface area contributed by atoms with Crippen LogP contribution in [0.25, 0.3) is 0 Å². The third-order valence-electron chi connectivity index (χ3n) is 2.63. The minimum Gasteiger partial charge on any atom is -0.466 e. The van der Waals surface area contributed by atoms with Gasteiger partial charge < -0.3 is 4.74 Å². The van der Waals surface area contributed by atoms with Crippen LogP contribution in [0.1, 0.15) is 12.8 Å². The maximum absolute atomic E-state index is 11.2. The van der Waals surface area contributed by atoms with E-state index in [9.17, 15) is 4.79 Å². The van der Waals surface area contributed by atoms with Gasteiger partial charge in [0.15, 0.2) is 0 Å². The van der Waals surface area contributed by atoms with Gasteiger partial charge in [0.05, 0.1) is 7.11 Å². The fourth-order valence-corrected chi connectivity index (χ4v) is 1.96. The number of carbonyl (C=O) groups is 1. The fraction of sp³-hybridized carbons (Fsp3) is 0.500. The molecule has 2 nitrogen and oxygen atoms in total. The zero-order valence-corrected chi connectivity index (χ0v) is 7.12. The van der Waals surface area contributed by atoms with E-state index in [1.54, 1.807) is 0 Å². The van der Waals surface area contributed by atoms with Crippen LogP contribution < -0.4 is 0 Å². The van der Waals surface area contributed by atoms with Crippen LogP contribution in [0, 0.1) is 11.8 Å². The molecule has 0 fully saturated rings. The zero-order valence-electron chi connectivity index (χ0n) is 7.12. The van der Waals surface area contributed by atoms with Gasteiger partial charge in [-0.25, -0.2) is 4.79 Å². The smallest absolute Gasteiger partial charge is 0.334 e. The van der Waals surface area contributed by atoms with E-state index in [-0.39, 0.29) is 5.97 Å². The molecule has 2 atom stereocenters. The van der Waals surface area contributed by atoms with Crippen molar-refractivity contribution in [3.8, 4) is 0 Å². The summed E-state index contributed by atoms with van der Waals surface area (Å²) < 4.78 is 4.70. The average Bonchev–Trinajstić information content (AvgIpc) is 2.47. The highest BCUT2D eigenvalue weighted by atomic mass is 16.5. The molecule has 2 rings (SSSR count). The molecular weight excluding hydrogens is 152 g/mol. The summed E-state index contributed by atoms with van der Waals surface area (Å²) in [7, 11) is 1.44. The molecule has 12 heavy (non-hydrogen) atoms. The van der Waals surface area contributed by atoms with Crippen LogP contribution >= 0.6 is 0 Å². The minimum absolute atomic E-state index is 0.162. The molecule has 0 aromatic rings. The van der Waals surface area contributed by atoms with E-state index in [1.807, 2.05) is 6.08 Å². The lowest BCUT2D eigenvalue weighted by molar-refractivity contribution is -0.136. The van der Waals surface area contributed by atoms with Crippen molar-refractivity contribution in [1.29, 1.82) is 0 Å². The second-order valence-corrected chi connectivity index (χ2v) is 3.37. The van der Waals surface area contributed by atoms with Gasteiger partial charge in [-0.05, 0) is 18.8 Å². The summed E-state index contributed by atoms with van der Waals surface area (Å²) in [5.41, 5.74) is 0.850. The Morgan fingerprint density at radius 3 is 3.17 bits per heavy atom. The summed E-state index contributed by atoms with van der Waals surface area (Å²) in [4.78, 5) is 11.2. The van der Waals surface area contributed by atoms with Crippen LogP contribution in [-0.2, 0) is 9.53 Å². The molecule has 2 bridgehead atoms. The topological polar surface area (TPSA) is 26.3 Å². The molecule has 2 aliphatic rings. The van der Waals surface area contributed by atoms with Crippen LogP contribution in [0.3, 0.4) is 0 Å². The first-order chi connectivity index (χ1) is 5.81. The summed E-state index contributed by atoms with van der Waals surface area (Å²) in [5.74, 6) is 0.838. The summed E-state index contributed by atoms with van der Waals surface area (Å²) in [6, 6.07) is 0. The number of esters is 1. The van der Waals surface area contributed by atoms with Crippen LogP contribution in [0.2, 0.25) is 0 Å². The second-order valence-electron chi connectivity index (χ2n) is 3.37. The summed E-state index contributed by atoms with van der Waals surface area (Å²) in [5, 5.41) is 0. The number of methoxy groups -OCH3 is 1. The van der Waals surface area contributed by atoms with Crippen molar-refractivity contribution < 1.29 is 9.53 Å². The first-order valence-corrected chi connectivity index (χ1v) is 4.28. The average molecular weight is 164 g/mol. The lowest BCUT2D eigenvalue weighted by Crippen LogP contribution is -2.16. The maximum atomic E-state index is 11.2. The normalized spacial score (nSPS) is 31.6. The van der Waals surface area contributed by atoms with E-state index >= 15 is 0 Å². The van der Waals surface area contributed by atoms with Gasteiger partial charge in [0.1, 0.15) is 0 Å². The van der Waals surface area contributed by atoms with Crippen molar-refractivity contribution in [2.45, 2.75) is 12.8 Å². The number of hydrogen-bond acceptors (Lipinski definition) is 2. The number of ether oxygens (including phenoxy) is 1. The molecule has 0 heterocycles. The highest BCUT2D eigenvalue weighted by Crippen LogP contribution is 2.36. The predicted molar refractivity (Wildman–Crippen MR) is 45.5 cm³/mol. The second kappa shape index (κ2) is 2.77. The number of fused-ring (bicyclic) bond motifs is 2. The van der Waals surface area contributed by atoms with Gasteiger partial charge in [-0.2, -0.15) is 0 Å². The molecule has 0 aliphatic heterocycles. The van der Waals surface area contributed by atoms with Gasteiger partial charge >= 0.3 is 5.97 Å². The predicted octanol–water partition coefficient (Wildman–Crippen LogP) is 1.68. The van der Waals surface area contributed by atoms with Crippen molar-refractivity contribution >= 4 is 5.97 Å². The van der Waals surface area contributed by atoms with Gasteiger partial charge in [0.2, 0.25) is 0 Å². The lowest BCUT2D eigenvalue weighted by Gasteiger charge is -2.18. The molecular formula is C10H12O2. The molecule has 0 saturated heterocycles. The van der Waals surface area contributed by atoms with E-state index in [0.29, 0.717) is 11.8 Å². The molecule has 0 aromatic heterocycles. The Labute approximate surface area is 71.9 Å². The molecule has 0 radical (unpaired) electrons. The largest absolute Gasteiger partial charge is 0.466 e. The van der Waals surface area contributed by atoms with Crippen LogP contribution in [0.15, 0.2) is 23.8 Å². The first-order valence-electron chi connectivity index (χ1n) is 4.28. The molecule has 0 aromatic carbocycles. The van der Waals surface area contributed by atoms with Crippen molar-refractivity contribution in [3.05, 3.63) is 23.8 Å². The molecule has 2 unspecified atom stereocenters. The van der Waals surface area contributed by atoms with Gasteiger partial charge in [-0.1, -0.05) is 18.2 Å². The van der Waals surface area contributed by atoms with Gasteiger partial charge in [0.25, 0.3) is 0 Å². The van der Waals surface area contributed by atoms with E-state index in [4.69, 9.17) is 4.74 Å². The Morgan fingerprint density at radius 2 is 2.42 bits per heavy atom. The monoisotopic (exact) mass is 164 g/mol. The molecule has 64 valence electrons. The Morgan fingerprint density at radius 1 is 1.58 bits per heavy atom. The van der Waals surface area contributed by atoms with Crippen molar-refractivity contribution in [2.75, 3.05) is 7.11 Å². The highest BCUT2D eigenvalue weighted by molar-refractivity contribution is 5.89. The van der Waals surface area contributed by atoms with Gasteiger partial charge in [-0.3, -0.25) is 0 Å². The quantitative estimate of drug-likeness (QED) is 0.435. The molecule has 0 amide bonds. The molecule has 2 heteroatoms. The number of allylic oxidation sites excluding steroid dienone is 3. The van der Waals surface area contributed by atoms with Crippen LogP contribution in [0.5, 0.6) is 0 Å². The number of rotatable bonds is 1. The third-order valence-corrected chi connectivity index (χ3v) is 2.63. The Hall–Kier alpha value is -1.05. The van der Waals surface area contributed by atoms with E-state index in [0.717, 1.165) is 18.4 Å². The van der Waals surface area contributed by atoms with Gasteiger partial charge in [-0.15, -0.1) is 0 Å². The summed E-state index contributed by atoms with van der Waals surface area (Å²) >= 11 is 0. The molecule has 0 spiro atoms. The van der Waals surface area contributed by atoms with Gasteiger partial charge in [0, 0.05) is 11.5 Å².